The van der Waals surface area contributed by atoms with E-state index in [4.69, 9.17) is 0 Å². The first-order chi connectivity index (χ1) is 7.31. The lowest BCUT2D eigenvalue weighted by molar-refractivity contribution is 0.111. The lowest BCUT2D eigenvalue weighted by atomic mass is 10.2. The second kappa shape index (κ2) is 2.73. The van der Waals surface area contributed by atoms with Crippen LogP contribution in [0.1, 0.15) is 10.5 Å². The van der Waals surface area contributed by atoms with Gasteiger partial charge in [-0.3, -0.25) is 4.79 Å². The number of H-pyrrole nitrogens is 1. The van der Waals surface area contributed by atoms with Crippen LogP contribution in [0, 0.1) is 0 Å². The molecule has 0 saturated heterocycles. The number of nitrogens with one attached hydrogen (secondary N) is 1. The molecule has 1 N–H and O–H groups in total. The Bertz CT molecular complexity index is 661. The molecule has 15 heavy (non-hydrogen) atoms. The Morgan fingerprint density at radius 3 is 2.87 bits per heavy atom. The molecular formula is C12H10N2O. The molecule has 0 saturated carbocycles. The number of aromatic amines is 1. The third-order valence-electron chi connectivity index (χ3n) is 2.86. The van der Waals surface area contributed by atoms with E-state index in [1.165, 1.54) is 0 Å². The monoisotopic (exact) mass is 198 g/mol. The Hall–Kier alpha value is -2.03. The van der Waals surface area contributed by atoms with Crippen LogP contribution in [0.15, 0.2) is 30.3 Å². The molecule has 0 unspecified atom stereocenters. The summed E-state index contributed by atoms with van der Waals surface area (Å²) in [4.78, 5) is 14.1. The van der Waals surface area contributed by atoms with Crippen molar-refractivity contribution in [3.63, 3.8) is 0 Å². The van der Waals surface area contributed by atoms with Crippen molar-refractivity contribution < 1.29 is 4.79 Å². The number of hydrogen-bond donors (Lipinski definition) is 1. The van der Waals surface area contributed by atoms with Crippen molar-refractivity contribution in [3.05, 3.63) is 36.0 Å². The lowest BCUT2D eigenvalue weighted by Crippen LogP contribution is -1.93. The molecule has 0 radical (unpaired) electrons. The van der Waals surface area contributed by atoms with Crippen LogP contribution < -0.4 is 0 Å². The van der Waals surface area contributed by atoms with Crippen LogP contribution in [0.3, 0.4) is 0 Å². The Balaban J connectivity index is 2.54. The average Bonchev–Trinajstić information content (AvgIpc) is 2.76. The van der Waals surface area contributed by atoms with E-state index in [2.05, 4.69) is 11.1 Å². The van der Waals surface area contributed by atoms with Crippen LogP contribution in [0.25, 0.3) is 21.9 Å². The van der Waals surface area contributed by atoms with Gasteiger partial charge < -0.3 is 9.55 Å². The fourth-order valence-electron chi connectivity index (χ4n) is 2.05. The number of fused-ring (bicyclic) bond motifs is 3. The number of aryl methyl sites for hydroxylation is 1. The van der Waals surface area contributed by atoms with Gasteiger partial charge in [0.25, 0.3) is 0 Å². The quantitative estimate of drug-likeness (QED) is 0.599. The van der Waals surface area contributed by atoms with Crippen LogP contribution in [-0.4, -0.2) is 15.8 Å². The van der Waals surface area contributed by atoms with Gasteiger partial charge in [0.05, 0.1) is 5.69 Å². The molecule has 0 bridgehead atoms. The molecule has 0 spiro atoms. The summed E-state index contributed by atoms with van der Waals surface area (Å²) in [7, 11) is 1.89. The minimum atomic E-state index is 0.696. The third kappa shape index (κ3) is 0.973. The molecule has 0 aliphatic rings. The zero-order chi connectivity index (χ0) is 10.4. The molecular weight excluding hydrogens is 188 g/mol. The Labute approximate surface area is 86.3 Å². The minimum Gasteiger partial charge on any atom is -0.341 e. The van der Waals surface area contributed by atoms with Crippen LogP contribution in [0.2, 0.25) is 0 Å². The van der Waals surface area contributed by atoms with Gasteiger partial charge in [0.1, 0.15) is 5.65 Å². The summed E-state index contributed by atoms with van der Waals surface area (Å²) in [6, 6.07) is 10.0. The van der Waals surface area contributed by atoms with Crippen molar-refractivity contribution in [1.29, 1.82) is 0 Å². The number of aldehydes is 1. The number of para-hydroxylation sites is 1. The topological polar surface area (TPSA) is 37.8 Å². The predicted octanol–water partition coefficient (Wildman–Crippen LogP) is 2.47. The molecule has 3 rings (SSSR count). The smallest absolute Gasteiger partial charge is 0.166 e. The summed E-state index contributed by atoms with van der Waals surface area (Å²) in [6.45, 7) is 0. The number of carbonyl (C=O) groups is 1. The van der Waals surface area contributed by atoms with E-state index in [1.54, 1.807) is 0 Å². The van der Waals surface area contributed by atoms with E-state index < -0.39 is 0 Å². The van der Waals surface area contributed by atoms with Gasteiger partial charge in [-0.05, 0) is 12.1 Å². The zero-order valence-corrected chi connectivity index (χ0v) is 8.32. The molecule has 0 aliphatic carbocycles. The highest BCUT2D eigenvalue weighted by molar-refractivity contribution is 6.08. The van der Waals surface area contributed by atoms with Crippen molar-refractivity contribution in [3.8, 4) is 0 Å². The highest BCUT2D eigenvalue weighted by Gasteiger charge is 2.09. The molecule has 74 valence electrons. The Kier molecular flexibility index (Phi) is 1.51. The normalized spacial score (nSPS) is 11.3. The summed E-state index contributed by atoms with van der Waals surface area (Å²) >= 11 is 0. The average molecular weight is 198 g/mol. The fraction of sp³-hybridized carbons (Fsp3) is 0.0833. The van der Waals surface area contributed by atoms with Crippen molar-refractivity contribution >= 4 is 28.2 Å². The van der Waals surface area contributed by atoms with Crippen molar-refractivity contribution in [2.75, 3.05) is 0 Å². The zero-order valence-electron chi connectivity index (χ0n) is 8.32. The number of aromatic nitrogens is 2. The Morgan fingerprint density at radius 1 is 1.27 bits per heavy atom. The van der Waals surface area contributed by atoms with Gasteiger partial charge in [0.15, 0.2) is 6.29 Å². The van der Waals surface area contributed by atoms with Crippen LogP contribution in [-0.2, 0) is 7.05 Å². The van der Waals surface area contributed by atoms with Gasteiger partial charge in [0, 0.05) is 23.3 Å². The van der Waals surface area contributed by atoms with E-state index >= 15 is 0 Å². The highest BCUT2D eigenvalue weighted by atomic mass is 16.1. The van der Waals surface area contributed by atoms with E-state index in [9.17, 15) is 4.79 Å². The van der Waals surface area contributed by atoms with E-state index in [-0.39, 0.29) is 0 Å². The molecule has 0 amide bonds. The number of benzene rings is 1. The second-order valence-electron chi connectivity index (χ2n) is 3.68. The number of nitrogens with zero attached hydrogens (tertiary/aromatic N) is 1. The van der Waals surface area contributed by atoms with E-state index in [1.807, 2.05) is 35.9 Å². The maximum atomic E-state index is 10.8. The van der Waals surface area contributed by atoms with E-state index in [0.29, 0.717) is 5.69 Å². The summed E-state index contributed by atoms with van der Waals surface area (Å²) < 4.78 is 1.88. The fourth-order valence-corrected chi connectivity index (χ4v) is 2.05. The highest BCUT2D eigenvalue weighted by Crippen LogP contribution is 2.26. The summed E-state index contributed by atoms with van der Waals surface area (Å²) in [5.41, 5.74) is 2.80. The van der Waals surface area contributed by atoms with Gasteiger partial charge in [-0.15, -0.1) is 0 Å². The standard InChI is InChI=1S/C12H10N2O/c1-14-8(7-15)6-10-9-4-2-3-5-11(9)13-12(10)14/h2-7,13H,1H3. The molecule has 1 aromatic carbocycles. The Morgan fingerprint density at radius 2 is 2.07 bits per heavy atom. The third-order valence-corrected chi connectivity index (χ3v) is 2.86. The molecule has 0 aliphatic heterocycles. The molecule has 3 heteroatoms. The van der Waals surface area contributed by atoms with Crippen LogP contribution in [0.5, 0.6) is 0 Å². The van der Waals surface area contributed by atoms with Crippen LogP contribution in [0.4, 0.5) is 0 Å². The predicted molar refractivity (Wildman–Crippen MR) is 60.2 cm³/mol. The maximum absolute atomic E-state index is 10.8. The molecule has 0 fully saturated rings. The number of carbonyl (C=O) groups excluding carboxylic acids is 1. The second-order valence-corrected chi connectivity index (χ2v) is 3.68. The molecule has 3 aromatic rings. The minimum absolute atomic E-state index is 0.696. The van der Waals surface area contributed by atoms with Crippen molar-refractivity contribution in [2.45, 2.75) is 0 Å². The molecule has 0 atom stereocenters. The summed E-state index contributed by atoms with van der Waals surface area (Å²) in [6.07, 6.45) is 0.878. The molecule has 2 aromatic heterocycles. The largest absolute Gasteiger partial charge is 0.341 e. The number of hydrogen-bond acceptors (Lipinski definition) is 1. The number of rotatable bonds is 1. The molecule has 2 heterocycles. The summed E-state index contributed by atoms with van der Waals surface area (Å²) in [5.74, 6) is 0. The maximum Gasteiger partial charge on any atom is 0.166 e. The summed E-state index contributed by atoms with van der Waals surface area (Å²) in [5, 5.41) is 2.27. The van der Waals surface area contributed by atoms with E-state index in [0.717, 1.165) is 28.2 Å². The first-order valence-electron chi connectivity index (χ1n) is 4.82. The van der Waals surface area contributed by atoms with Crippen molar-refractivity contribution in [2.24, 2.45) is 7.05 Å². The first-order valence-corrected chi connectivity index (χ1v) is 4.82. The lowest BCUT2D eigenvalue weighted by Gasteiger charge is -1.94. The van der Waals surface area contributed by atoms with Gasteiger partial charge in [-0.1, -0.05) is 18.2 Å². The van der Waals surface area contributed by atoms with Gasteiger partial charge in [0.2, 0.25) is 0 Å². The van der Waals surface area contributed by atoms with Gasteiger partial charge >= 0.3 is 0 Å². The van der Waals surface area contributed by atoms with Crippen LogP contribution >= 0.6 is 0 Å². The first kappa shape index (κ1) is 8.29. The van der Waals surface area contributed by atoms with Gasteiger partial charge in [-0.25, -0.2) is 0 Å². The van der Waals surface area contributed by atoms with Crippen molar-refractivity contribution in [1.82, 2.24) is 9.55 Å². The van der Waals surface area contributed by atoms with Gasteiger partial charge in [-0.2, -0.15) is 0 Å². The SMILES string of the molecule is Cn1c(C=O)cc2c3ccccc3[nH]c21. The molecule has 3 nitrogen and oxygen atoms in total.